The minimum atomic E-state index is 0.0610. The van der Waals surface area contributed by atoms with Gasteiger partial charge in [0.15, 0.2) is 0 Å². The van der Waals surface area contributed by atoms with Crippen molar-refractivity contribution in [3.8, 4) is 0 Å². The van der Waals surface area contributed by atoms with E-state index in [1.54, 1.807) is 0 Å². The van der Waals surface area contributed by atoms with E-state index in [-0.39, 0.29) is 12.0 Å². The van der Waals surface area contributed by atoms with Crippen molar-refractivity contribution in [1.29, 1.82) is 0 Å². The fourth-order valence-electron chi connectivity index (χ4n) is 2.40. The second-order valence-electron chi connectivity index (χ2n) is 4.85. The summed E-state index contributed by atoms with van der Waals surface area (Å²) >= 11 is 0. The summed E-state index contributed by atoms with van der Waals surface area (Å²) in [6, 6.07) is 6.12. The Kier molecular flexibility index (Phi) is 4.37. The van der Waals surface area contributed by atoms with Gasteiger partial charge in [0.2, 0.25) is 5.91 Å². The van der Waals surface area contributed by atoms with E-state index in [1.807, 2.05) is 19.1 Å². The van der Waals surface area contributed by atoms with E-state index in [0.717, 1.165) is 37.1 Å². The third-order valence-electron chi connectivity index (χ3n) is 3.44. The quantitative estimate of drug-likeness (QED) is 0.888. The third kappa shape index (κ3) is 3.10. The molecule has 1 aromatic rings. The molecule has 1 saturated heterocycles. The van der Waals surface area contributed by atoms with Crippen molar-refractivity contribution in [3.05, 3.63) is 29.3 Å². The Morgan fingerprint density at radius 2 is 2.33 bits per heavy atom. The Hall–Kier alpha value is -1.35. The van der Waals surface area contributed by atoms with E-state index in [9.17, 15) is 4.79 Å². The van der Waals surface area contributed by atoms with Crippen molar-refractivity contribution in [2.45, 2.75) is 45.6 Å². The average Bonchev–Trinajstić information content (AvgIpc) is 2.84. The number of hydrogen-bond donors (Lipinski definition) is 1. The molecule has 98 valence electrons. The molecule has 3 heteroatoms. The van der Waals surface area contributed by atoms with Crippen LogP contribution in [0.15, 0.2) is 18.2 Å². The SMILES string of the molecule is CCc1cccc(C)c1NC(=O)CC1CCCO1. The largest absolute Gasteiger partial charge is 0.378 e. The summed E-state index contributed by atoms with van der Waals surface area (Å²) in [7, 11) is 0. The van der Waals surface area contributed by atoms with Gasteiger partial charge in [-0.2, -0.15) is 0 Å². The van der Waals surface area contributed by atoms with E-state index in [1.165, 1.54) is 5.56 Å². The Bertz CT molecular complexity index is 423. The minimum Gasteiger partial charge on any atom is -0.378 e. The number of para-hydroxylation sites is 1. The van der Waals surface area contributed by atoms with E-state index in [4.69, 9.17) is 4.74 Å². The summed E-state index contributed by atoms with van der Waals surface area (Å²) in [6.07, 6.45) is 3.58. The summed E-state index contributed by atoms with van der Waals surface area (Å²) < 4.78 is 5.49. The van der Waals surface area contributed by atoms with Gasteiger partial charge in [-0.05, 0) is 37.3 Å². The first-order valence-electron chi connectivity index (χ1n) is 6.70. The Morgan fingerprint density at radius 1 is 1.50 bits per heavy atom. The maximum absolute atomic E-state index is 12.0. The predicted octanol–water partition coefficient (Wildman–Crippen LogP) is 3.07. The zero-order valence-corrected chi connectivity index (χ0v) is 11.2. The molecule has 0 saturated carbocycles. The fourth-order valence-corrected chi connectivity index (χ4v) is 2.40. The van der Waals surface area contributed by atoms with Crippen molar-refractivity contribution in [2.24, 2.45) is 0 Å². The standard InChI is InChI=1S/C15H21NO2/c1-3-12-7-4-6-11(2)15(12)16-14(17)10-13-8-5-9-18-13/h4,6-7,13H,3,5,8-10H2,1-2H3,(H,16,17). The molecule has 0 radical (unpaired) electrons. The van der Waals surface area contributed by atoms with Gasteiger partial charge in [-0.3, -0.25) is 4.79 Å². The van der Waals surface area contributed by atoms with Crippen molar-refractivity contribution < 1.29 is 9.53 Å². The monoisotopic (exact) mass is 247 g/mol. The molecular formula is C15H21NO2. The molecule has 1 heterocycles. The first-order chi connectivity index (χ1) is 8.70. The van der Waals surface area contributed by atoms with Gasteiger partial charge < -0.3 is 10.1 Å². The molecule has 0 aliphatic carbocycles. The Labute approximate surface area is 109 Å². The number of amides is 1. The lowest BCUT2D eigenvalue weighted by Gasteiger charge is -2.14. The van der Waals surface area contributed by atoms with Crippen molar-refractivity contribution in [3.63, 3.8) is 0 Å². The molecule has 3 nitrogen and oxygen atoms in total. The van der Waals surface area contributed by atoms with Gasteiger partial charge >= 0.3 is 0 Å². The predicted molar refractivity (Wildman–Crippen MR) is 72.8 cm³/mol. The minimum absolute atomic E-state index is 0.0610. The van der Waals surface area contributed by atoms with Crippen molar-refractivity contribution in [1.82, 2.24) is 0 Å². The Balaban J connectivity index is 2.01. The van der Waals surface area contributed by atoms with Crippen LogP contribution in [0.25, 0.3) is 0 Å². The number of aryl methyl sites for hydroxylation is 2. The molecule has 2 rings (SSSR count). The molecule has 18 heavy (non-hydrogen) atoms. The molecule has 1 aliphatic heterocycles. The van der Waals surface area contributed by atoms with Gasteiger partial charge in [-0.15, -0.1) is 0 Å². The number of carbonyl (C=O) groups excluding carboxylic acids is 1. The molecule has 0 aromatic heterocycles. The van der Waals surface area contributed by atoms with E-state index >= 15 is 0 Å². The lowest BCUT2D eigenvalue weighted by atomic mass is 10.1. The normalized spacial score (nSPS) is 18.9. The van der Waals surface area contributed by atoms with Crippen LogP contribution in [0.1, 0.15) is 37.3 Å². The van der Waals surface area contributed by atoms with Crippen LogP contribution in [-0.4, -0.2) is 18.6 Å². The van der Waals surface area contributed by atoms with Gasteiger partial charge in [0.25, 0.3) is 0 Å². The molecule has 1 aliphatic rings. The summed E-state index contributed by atoms with van der Waals surface area (Å²) in [5.41, 5.74) is 3.29. The van der Waals surface area contributed by atoms with E-state index < -0.39 is 0 Å². The molecule has 0 spiro atoms. The molecule has 1 aromatic carbocycles. The number of carbonyl (C=O) groups is 1. The van der Waals surface area contributed by atoms with E-state index in [0.29, 0.717) is 6.42 Å². The summed E-state index contributed by atoms with van der Waals surface area (Å²) in [5, 5.41) is 3.04. The third-order valence-corrected chi connectivity index (χ3v) is 3.44. The smallest absolute Gasteiger partial charge is 0.227 e. The number of nitrogens with one attached hydrogen (secondary N) is 1. The highest BCUT2D eigenvalue weighted by Gasteiger charge is 2.19. The number of ether oxygens (including phenoxy) is 1. The molecule has 1 fully saturated rings. The van der Waals surface area contributed by atoms with Crippen LogP contribution in [0.4, 0.5) is 5.69 Å². The van der Waals surface area contributed by atoms with Gasteiger partial charge in [-0.1, -0.05) is 25.1 Å². The number of anilines is 1. The lowest BCUT2D eigenvalue weighted by molar-refractivity contribution is -0.118. The molecule has 1 atom stereocenters. The highest BCUT2D eigenvalue weighted by Crippen LogP contribution is 2.22. The second-order valence-corrected chi connectivity index (χ2v) is 4.85. The van der Waals surface area contributed by atoms with E-state index in [2.05, 4.69) is 18.3 Å². The molecule has 1 unspecified atom stereocenters. The van der Waals surface area contributed by atoms with Gasteiger partial charge in [0.1, 0.15) is 0 Å². The van der Waals surface area contributed by atoms with Crippen LogP contribution in [-0.2, 0) is 16.0 Å². The summed E-state index contributed by atoms with van der Waals surface area (Å²) in [4.78, 5) is 12.0. The Morgan fingerprint density at radius 3 is 3.00 bits per heavy atom. The number of rotatable bonds is 4. The summed E-state index contributed by atoms with van der Waals surface area (Å²) in [5.74, 6) is 0.0610. The first-order valence-corrected chi connectivity index (χ1v) is 6.70. The zero-order chi connectivity index (χ0) is 13.0. The van der Waals surface area contributed by atoms with Crippen LogP contribution < -0.4 is 5.32 Å². The maximum Gasteiger partial charge on any atom is 0.227 e. The average molecular weight is 247 g/mol. The van der Waals surface area contributed by atoms with Crippen molar-refractivity contribution in [2.75, 3.05) is 11.9 Å². The highest BCUT2D eigenvalue weighted by molar-refractivity contribution is 5.92. The molecule has 1 amide bonds. The highest BCUT2D eigenvalue weighted by atomic mass is 16.5. The van der Waals surface area contributed by atoms with Crippen molar-refractivity contribution >= 4 is 11.6 Å². The van der Waals surface area contributed by atoms with Gasteiger partial charge in [-0.25, -0.2) is 0 Å². The van der Waals surface area contributed by atoms with Crippen LogP contribution in [0, 0.1) is 6.92 Å². The van der Waals surface area contributed by atoms with Crippen LogP contribution in [0.2, 0.25) is 0 Å². The van der Waals surface area contributed by atoms with Gasteiger partial charge in [0.05, 0.1) is 12.5 Å². The summed E-state index contributed by atoms with van der Waals surface area (Å²) in [6.45, 7) is 4.92. The zero-order valence-electron chi connectivity index (χ0n) is 11.2. The lowest BCUT2D eigenvalue weighted by Crippen LogP contribution is -2.20. The number of benzene rings is 1. The number of hydrogen-bond acceptors (Lipinski definition) is 2. The second kappa shape index (κ2) is 6.01. The van der Waals surface area contributed by atoms with Gasteiger partial charge in [0, 0.05) is 12.3 Å². The molecular weight excluding hydrogens is 226 g/mol. The van der Waals surface area contributed by atoms with Crippen LogP contribution >= 0.6 is 0 Å². The molecule has 0 bridgehead atoms. The maximum atomic E-state index is 12.0. The first kappa shape index (κ1) is 13.1. The topological polar surface area (TPSA) is 38.3 Å². The fraction of sp³-hybridized carbons (Fsp3) is 0.533. The van der Waals surface area contributed by atoms with Crippen LogP contribution in [0.3, 0.4) is 0 Å². The molecule has 1 N–H and O–H groups in total. The van der Waals surface area contributed by atoms with Crippen LogP contribution in [0.5, 0.6) is 0 Å².